The number of aliphatic imine (C=N–C) groups is 3. The normalized spacial score (nSPS) is 25.0. The van der Waals surface area contributed by atoms with E-state index < -0.39 is 23.2 Å². The van der Waals surface area contributed by atoms with Gasteiger partial charge in [-0.2, -0.15) is 0 Å². The van der Waals surface area contributed by atoms with E-state index in [9.17, 15) is 14.4 Å². The van der Waals surface area contributed by atoms with E-state index in [4.69, 9.17) is 14.5 Å². The molecule has 1 aromatic heterocycles. The van der Waals surface area contributed by atoms with E-state index in [0.29, 0.717) is 41.4 Å². The Kier molecular flexibility index (Phi) is 3.82. The van der Waals surface area contributed by atoms with E-state index in [1.54, 1.807) is 12.1 Å². The maximum atomic E-state index is 13.1. The fourth-order valence-corrected chi connectivity index (χ4v) is 5.75. The first kappa shape index (κ1) is 20.1. The number of dihydropyridines is 1. The van der Waals surface area contributed by atoms with Crippen LogP contribution in [0.2, 0.25) is 0 Å². The molecular formula is C24H20N6O5. The lowest BCUT2D eigenvalue weighted by atomic mass is 9.66. The molecule has 0 bridgehead atoms. The Hall–Kier alpha value is -4.28. The number of ether oxygens (including phenoxy) is 2. The number of urea groups is 1. The molecule has 1 saturated carbocycles. The zero-order valence-electron chi connectivity index (χ0n) is 18.9. The smallest absolute Gasteiger partial charge is 0.345 e. The van der Waals surface area contributed by atoms with Gasteiger partial charge in [-0.25, -0.2) is 24.6 Å². The Balaban J connectivity index is 1.53. The van der Waals surface area contributed by atoms with Crippen LogP contribution < -0.4 is 26.0 Å². The number of allylic oxidation sites excluding steroid dienone is 1. The number of amides is 2. The molecule has 11 nitrogen and oxygen atoms in total. The van der Waals surface area contributed by atoms with Gasteiger partial charge >= 0.3 is 11.7 Å². The molecule has 11 heteroatoms. The summed E-state index contributed by atoms with van der Waals surface area (Å²) in [5.74, 6) is 0.716. The molecule has 4 aliphatic heterocycles. The summed E-state index contributed by atoms with van der Waals surface area (Å²) in [4.78, 5) is 56.7. The summed E-state index contributed by atoms with van der Waals surface area (Å²) in [7, 11) is 0. The van der Waals surface area contributed by atoms with Gasteiger partial charge in [0.2, 0.25) is 6.79 Å². The predicted molar refractivity (Wildman–Crippen MR) is 126 cm³/mol. The number of aromatic amines is 2. The number of hydrogen-bond acceptors (Lipinski definition) is 7. The summed E-state index contributed by atoms with van der Waals surface area (Å²) < 4.78 is 11.0. The Morgan fingerprint density at radius 1 is 0.943 bits per heavy atom. The van der Waals surface area contributed by atoms with Gasteiger partial charge in [0, 0.05) is 28.6 Å². The minimum Gasteiger partial charge on any atom is -0.454 e. The van der Waals surface area contributed by atoms with E-state index in [-0.39, 0.29) is 29.5 Å². The van der Waals surface area contributed by atoms with Crippen molar-refractivity contribution in [1.29, 1.82) is 0 Å². The molecule has 0 spiro atoms. The predicted octanol–water partition coefficient (Wildman–Crippen LogP) is 2.28. The number of carbonyl (C=O) groups excluding carboxylic acids is 1. The zero-order chi connectivity index (χ0) is 24.1. The molecule has 176 valence electrons. The van der Waals surface area contributed by atoms with Crippen molar-refractivity contribution in [2.45, 2.75) is 32.6 Å². The highest BCUT2D eigenvalue weighted by atomic mass is 16.7. The van der Waals surface area contributed by atoms with E-state index in [2.05, 4.69) is 39.1 Å². The number of fused-ring (bicyclic) bond motifs is 3. The van der Waals surface area contributed by atoms with E-state index in [0.717, 1.165) is 17.0 Å². The van der Waals surface area contributed by atoms with Crippen molar-refractivity contribution in [2.24, 2.45) is 26.3 Å². The number of hydrogen-bond donors (Lipinski definition) is 3. The fourth-order valence-electron chi connectivity index (χ4n) is 5.75. The third kappa shape index (κ3) is 2.90. The topological polar surface area (TPSA) is 150 Å². The largest absolute Gasteiger partial charge is 0.454 e. The van der Waals surface area contributed by atoms with E-state index in [1.807, 2.05) is 6.07 Å². The van der Waals surface area contributed by atoms with Crippen LogP contribution in [0.5, 0.6) is 11.5 Å². The third-order valence-electron chi connectivity index (χ3n) is 7.03. The molecule has 2 amide bonds. The van der Waals surface area contributed by atoms with Crippen molar-refractivity contribution in [3.8, 4) is 11.5 Å². The summed E-state index contributed by atoms with van der Waals surface area (Å²) in [6.07, 6.45) is 1.36. The molecule has 0 saturated heterocycles. The molecule has 2 atom stereocenters. The maximum absolute atomic E-state index is 13.1. The molecule has 7 rings (SSSR count). The van der Waals surface area contributed by atoms with Gasteiger partial charge in [0.1, 0.15) is 5.82 Å². The highest BCUT2D eigenvalue weighted by Crippen LogP contribution is 2.49. The second-order valence-corrected chi connectivity index (χ2v) is 10.1. The second kappa shape index (κ2) is 6.65. The fraction of sp³-hybridized carbons (Fsp3) is 0.333. The number of aromatic nitrogens is 2. The van der Waals surface area contributed by atoms with E-state index in [1.165, 1.54) is 0 Å². The zero-order valence-corrected chi connectivity index (χ0v) is 18.9. The van der Waals surface area contributed by atoms with E-state index >= 15 is 0 Å². The van der Waals surface area contributed by atoms with Gasteiger partial charge in [0.25, 0.3) is 5.56 Å². The van der Waals surface area contributed by atoms with Crippen molar-refractivity contribution in [3.63, 3.8) is 0 Å². The number of amidine groups is 1. The van der Waals surface area contributed by atoms with Crippen LogP contribution >= 0.6 is 0 Å². The number of nitrogens with one attached hydrogen (secondary N) is 3. The average molecular weight is 472 g/mol. The second-order valence-electron chi connectivity index (χ2n) is 10.1. The molecule has 5 aliphatic rings. The van der Waals surface area contributed by atoms with Crippen molar-refractivity contribution >= 4 is 29.1 Å². The summed E-state index contributed by atoms with van der Waals surface area (Å²) >= 11 is 0. The van der Waals surface area contributed by atoms with Crippen molar-refractivity contribution < 1.29 is 14.3 Å². The van der Waals surface area contributed by atoms with Gasteiger partial charge in [-0.05, 0) is 36.0 Å². The van der Waals surface area contributed by atoms with Gasteiger partial charge in [-0.3, -0.25) is 14.8 Å². The van der Waals surface area contributed by atoms with Crippen molar-refractivity contribution in [1.82, 2.24) is 15.3 Å². The lowest BCUT2D eigenvalue weighted by Gasteiger charge is -2.43. The Labute approximate surface area is 197 Å². The van der Waals surface area contributed by atoms with Gasteiger partial charge in [0.15, 0.2) is 17.3 Å². The SMILES string of the molecule is CC1(C)CC2=NC(=O)NC3=C4C(=Nc5[nH]c(=O)[nH]c(=O)c5C4c4ccc5c(c4)OCO5)N=C(C1)C23. The first-order valence-electron chi connectivity index (χ1n) is 11.3. The monoisotopic (exact) mass is 472 g/mol. The van der Waals surface area contributed by atoms with Gasteiger partial charge in [-0.15, -0.1) is 0 Å². The first-order chi connectivity index (χ1) is 16.8. The van der Waals surface area contributed by atoms with Crippen LogP contribution in [0.15, 0.2) is 54.0 Å². The highest BCUT2D eigenvalue weighted by Gasteiger charge is 2.48. The Morgan fingerprint density at radius 3 is 2.54 bits per heavy atom. The number of rotatable bonds is 1. The van der Waals surface area contributed by atoms with Crippen LogP contribution in [-0.2, 0) is 0 Å². The molecule has 2 unspecified atom stereocenters. The van der Waals surface area contributed by atoms with Crippen LogP contribution in [0.4, 0.5) is 10.6 Å². The number of nitrogens with zero attached hydrogens (tertiary/aromatic N) is 3. The first-order valence-corrected chi connectivity index (χ1v) is 11.3. The highest BCUT2D eigenvalue weighted by molar-refractivity contribution is 6.24. The minimum atomic E-state index is -0.664. The molecule has 0 radical (unpaired) electrons. The van der Waals surface area contributed by atoms with Crippen LogP contribution in [0.25, 0.3) is 0 Å². The summed E-state index contributed by atoms with van der Waals surface area (Å²) in [5, 5.41) is 2.94. The van der Waals surface area contributed by atoms with Crippen LogP contribution in [0, 0.1) is 11.3 Å². The van der Waals surface area contributed by atoms with Crippen LogP contribution in [0.3, 0.4) is 0 Å². The molecule has 1 aromatic carbocycles. The van der Waals surface area contributed by atoms with Crippen molar-refractivity contribution in [3.05, 3.63) is 61.4 Å². The third-order valence-corrected chi connectivity index (χ3v) is 7.03. The quantitative estimate of drug-likeness (QED) is 0.582. The minimum absolute atomic E-state index is 0.107. The van der Waals surface area contributed by atoms with Gasteiger partial charge in [0.05, 0.1) is 11.5 Å². The summed E-state index contributed by atoms with van der Waals surface area (Å²) in [5.41, 5.74) is 2.52. The Bertz CT molecular complexity index is 1600. The van der Waals surface area contributed by atoms with Gasteiger partial charge in [-0.1, -0.05) is 19.9 Å². The molecule has 3 N–H and O–H groups in total. The maximum Gasteiger partial charge on any atom is 0.345 e. The standard InChI is InChI=1S/C24H20N6O5/c1-24(2)6-10-15-11(7-24)26-22(32)27-18(15)16-14(9-3-4-12-13(5-9)35-8-34-12)17-20(28-19(16)25-10)29-23(33)30-21(17)31/h3-5,14-15H,6-8H2,1-2H3,(H,27,32)(H2,29,30,31,33). The van der Waals surface area contributed by atoms with Crippen molar-refractivity contribution in [2.75, 3.05) is 6.79 Å². The number of H-pyrrole nitrogens is 2. The molecule has 2 aromatic rings. The number of carbonyl (C=O) groups is 1. The van der Waals surface area contributed by atoms with Crippen LogP contribution in [-0.4, -0.2) is 40.1 Å². The van der Waals surface area contributed by atoms with Crippen LogP contribution in [0.1, 0.15) is 43.7 Å². The molecule has 35 heavy (non-hydrogen) atoms. The summed E-state index contributed by atoms with van der Waals surface area (Å²) in [6, 6.07) is 4.97. The lowest BCUT2D eigenvalue weighted by molar-refractivity contribution is 0.174. The Morgan fingerprint density at radius 2 is 1.71 bits per heavy atom. The number of benzene rings is 1. The lowest BCUT2D eigenvalue weighted by Crippen LogP contribution is -2.50. The summed E-state index contributed by atoms with van der Waals surface area (Å²) in [6.45, 7) is 4.34. The molecule has 1 fully saturated rings. The molecular weight excluding hydrogens is 452 g/mol. The molecule has 5 heterocycles. The molecule has 1 aliphatic carbocycles. The van der Waals surface area contributed by atoms with Gasteiger partial charge < -0.3 is 14.8 Å². The average Bonchev–Trinajstić information content (AvgIpc) is 3.24.